The molecule has 0 aromatic heterocycles. The number of hydrogen-bond acceptors (Lipinski definition) is 3. The van der Waals surface area contributed by atoms with Crippen LogP contribution in [-0.4, -0.2) is 28.3 Å². The van der Waals surface area contributed by atoms with Gasteiger partial charge in [0.15, 0.2) is 0 Å². The van der Waals surface area contributed by atoms with E-state index in [0.29, 0.717) is 0 Å². The number of carboxylic acid groups (broad SMARTS) is 1. The Morgan fingerprint density at radius 2 is 2.22 bits per heavy atom. The molecular formula is C5H9NO2S. The average Bonchev–Trinajstić information content (AvgIpc) is 1.64. The summed E-state index contributed by atoms with van der Waals surface area (Å²) in [7, 11) is 0. The summed E-state index contributed by atoms with van der Waals surface area (Å²) in [5.74, 6) is -0.935. The van der Waals surface area contributed by atoms with Gasteiger partial charge >= 0.3 is 5.97 Å². The van der Waals surface area contributed by atoms with Crippen LogP contribution in [0, 0.1) is 5.41 Å². The molecule has 1 atom stereocenters. The second-order valence-corrected chi connectivity index (χ2v) is 2.58. The number of thioether (sulfide) groups is 1. The fraction of sp³-hybridized carbons (Fsp3) is 0.600. The fourth-order valence-corrected chi connectivity index (χ4v) is 1.02. The van der Waals surface area contributed by atoms with Crippen molar-refractivity contribution in [2.45, 2.75) is 12.2 Å². The lowest BCUT2D eigenvalue weighted by Gasteiger charge is -2.04. The molecule has 0 radical (unpaired) electrons. The molecule has 52 valence electrons. The van der Waals surface area contributed by atoms with Crippen molar-refractivity contribution < 1.29 is 9.90 Å². The van der Waals surface area contributed by atoms with Crippen LogP contribution in [0.5, 0.6) is 0 Å². The van der Waals surface area contributed by atoms with Gasteiger partial charge in [0, 0.05) is 5.71 Å². The molecule has 1 unspecified atom stereocenters. The van der Waals surface area contributed by atoms with E-state index in [1.54, 1.807) is 6.26 Å². The molecule has 3 nitrogen and oxygen atoms in total. The number of hydrogen-bond donors (Lipinski definition) is 2. The lowest BCUT2D eigenvalue weighted by molar-refractivity contribution is -0.135. The van der Waals surface area contributed by atoms with Gasteiger partial charge < -0.3 is 10.5 Å². The third-order valence-corrected chi connectivity index (χ3v) is 1.88. The zero-order chi connectivity index (χ0) is 7.44. The Bertz CT molecular complexity index is 121. The first-order valence-electron chi connectivity index (χ1n) is 2.40. The van der Waals surface area contributed by atoms with Crippen LogP contribution in [0.25, 0.3) is 0 Å². The average molecular weight is 147 g/mol. The van der Waals surface area contributed by atoms with E-state index < -0.39 is 11.2 Å². The third kappa shape index (κ3) is 2.51. The van der Waals surface area contributed by atoms with E-state index in [1.807, 2.05) is 0 Å². The van der Waals surface area contributed by atoms with Crippen LogP contribution >= 0.6 is 11.8 Å². The largest absolute Gasteiger partial charge is 0.480 e. The van der Waals surface area contributed by atoms with Crippen molar-refractivity contribution in [3.05, 3.63) is 0 Å². The van der Waals surface area contributed by atoms with Crippen LogP contribution in [0.2, 0.25) is 0 Å². The highest BCUT2D eigenvalue weighted by Gasteiger charge is 2.16. The first kappa shape index (κ1) is 8.49. The molecule has 0 rings (SSSR count). The third-order valence-electron chi connectivity index (χ3n) is 0.853. The Labute approximate surface area is 58.0 Å². The van der Waals surface area contributed by atoms with Crippen molar-refractivity contribution in [2.24, 2.45) is 0 Å². The molecule has 0 spiro atoms. The molecule has 0 saturated carbocycles. The SMILES string of the molecule is CSC(C(C)=N)C(=O)O. The van der Waals surface area contributed by atoms with Crippen molar-refractivity contribution in [3.63, 3.8) is 0 Å². The minimum atomic E-state index is -0.935. The summed E-state index contributed by atoms with van der Waals surface area (Å²) in [6, 6.07) is 0. The monoisotopic (exact) mass is 147 g/mol. The summed E-state index contributed by atoms with van der Waals surface area (Å²) in [6.07, 6.45) is 1.68. The van der Waals surface area contributed by atoms with Crippen molar-refractivity contribution in [1.29, 1.82) is 5.41 Å². The van der Waals surface area contributed by atoms with Crippen molar-refractivity contribution in [1.82, 2.24) is 0 Å². The quantitative estimate of drug-likeness (QED) is 0.581. The summed E-state index contributed by atoms with van der Waals surface area (Å²) in [4.78, 5) is 10.2. The summed E-state index contributed by atoms with van der Waals surface area (Å²) in [5, 5.41) is 14.7. The molecule has 0 aromatic carbocycles. The lowest BCUT2D eigenvalue weighted by atomic mass is 10.3. The normalized spacial score (nSPS) is 12.7. The Morgan fingerprint density at radius 3 is 2.22 bits per heavy atom. The van der Waals surface area contributed by atoms with Gasteiger partial charge in [0.2, 0.25) is 0 Å². The minimum Gasteiger partial charge on any atom is -0.480 e. The zero-order valence-corrected chi connectivity index (χ0v) is 6.16. The van der Waals surface area contributed by atoms with Gasteiger partial charge in [-0.05, 0) is 13.2 Å². The molecule has 2 N–H and O–H groups in total. The van der Waals surface area contributed by atoms with Crippen LogP contribution in [0.1, 0.15) is 6.92 Å². The second-order valence-electron chi connectivity index (χ2n) is 1.64. The summed E-state index contributed by atoms with van der Waals surface area (Å²) >= 11 is 1.16. The van der Waals surface area contributed by atoms with Gasteiger partial charge in [0.05, 0.1) is 0 Å². The lowest BCUT2D eigenvalue weighted by Crippen LogP contribution is -2.23. The smallest absolute Gasteiger partial charge is 0.322 e. The van der Waals surface area contributed by atoms with Crippen LogP contribution < -0.4 is 0 Å². The van der Waals surface area contributed by atoms with Gasteiger partial charge in [-0.1, -0.05) is 0 Å². The highest BCUT2D eigenvalue weighted by atomic mass is 32.2. The molecule has 9 heavy (non-hydrogen) atoms. The molecular weight excluding hydrogens is 138 g/mol. The predicted octanol–water partition coefficient (Wildman–Crippen LogP) is 0.842. The Hall–Kier alpha value is -0.510. The minimum absolute atomic E-state index is 0.190. The topological polar surface area (TPSA) is 61.2 Å². The molecule has 0 aromatic rings. The highest BCUT2D eigenvalue weighted by Crippen LogP contribution is 2.06. The number of nitrogens with one attached hydrogen (secondary N) is 1. The molecule has 0 aliphatic rings. The van der Waals surface area contributed by atoms with Gasteiger partial charge in [0.1, 0.15) is 5.25 Å². The van der Waals surface area contributed by atoms with E-state index in [2.05, 4.69) is 0 Å². The maximum Gasteiger partial charge on any atom is 0.322 e. The molecule has 0 bridgehead atoms. The summed E-state index contributed by atoms with van der Waals surface area (Å²) in [5.41, 5.74) is 0.190. The van der Waals surface area contributed by atoms with E-state index in [4.69, 9.17) is 10.5 Å². The molecule has 0 aliphatic carbocycles. The van der Waals surface area contributed by atoms with E-state index in [0.717, 1.165) is 11.8 Å². The standard InChI is InChI=1S/C5H9NO2S/c1-3(6)4(9-2)5(7)8/h4,6H,1-2H3,(H,7,8). The molecule has 0 heterocycles. The van der Waals surface area contributed by atoms with Crippen LogP contribution in [-0.2, 0) is 4.79 Å². The van der Waals surface area contributed by atoms with E-state index >= 15 is 0 Å². The fourth-order valence-electron chi connectivity index (χ4n) is 0.463. The molecule has 0 amide bonds. The van der Waals surface area contributed by atoms with E-state index in [1.165, 1.54) is 6.92 Å². The van der Waals surface area contributed by atoms with Crippen molar-refractivity contribution >= 4 is 23.4 Å². The number of rotatable bonds is 3. The first-order valence-corrected chi connectivity index (χ1v) is 3.69. The number of carbonyl (C=O) groups is 1. The maximum atomic E-state index is 10.2. The van der Waals surface area contributed by atoms with E-state index in [-0.39, 0.29) is 5.71 Å². The van der Waals surface area contributed by atoms with Gasteiger partial charge in [-0.3, -0.25) is 4.79 Å². The first-order chi connectivity index (χ1) is 4.09. The van der Waals surface area contributed by atoms with E-state index in [9.17, 15) is 4.79 Å². The maximum absolute atomic E-state index is 10.2. The van der Waals surface area contributed by atoms with Gasteiger partial charge in [-0.2, -0.15) is 0 Å². The summed E-state index contributed by atoms with van der Waals surface area (Å²) in [6.45, 7) is 1.50. The van der Waals surface area contributed by atoms with Crippen LogP contribution in [0.3, 0.4) is 0 Å². The van der Waals surface area contributed by atoms with Gasteiger partial charge in [-0.25, -0.2) is 0 Å². The molecule has 0 fully saturated rings. The highest BCUT2D eigenvalue weighted by molar-refractivity contribution is 8.00. The number of carboxylic acids is 1. The second kappa shape index (κ2) is 3.50. The summed E-state index contributed by atoms with van der Waals surface area (Å²) < 4.78 is 0. The Morgan fingerprint density at radius 1 is 1.78 bits per heavy atom. The van der Waals surface area contributed by atoms with Crippen molar-refractivity contribution in [2.75, 3.05) is 6.26 Å². The van der Waals surface area contributed by atoms with Crippen LogP contribution in [0.15, 0.2) is 0 Å². The van der Waals surface area contributed by atoms with Crippen molar-refractivity contribution in [3.8, 4) is 0 Å². The molecule has 0 saturated heterocycles. The van der Waals surface area contributed by atoms with Gasteiger partial charge in [-0.15, -0.1) is 11.8 Å². The van der Waals surface area contributed by atoms with Crippen LogP contribution in [0.4, 0.5) is 0 Å². The van der Waals surface area contributed by atoms with Gasteiger partial charge in [0.25, 0.3) is 0 Å². The molecule has 0 aliphatic heterocycles. The number of aliphatic carboxylic acids is 1. The predicted molar refractivity (Wildman–Crippen MR) is 38.3 cm³/mol. The Kier molecular flexibility index (Phi) is 3.30. The zero-order valence-electron chi connectivity index (χ0n) is 5.34. The molecule has 4 heteroatoms. The Balaban J connectivity index is 3.99.